The van der Waals surface area contributed by atoms with Crippen LogP contribution in [0.5, 0.6) is 0 Å². The van der Waals surface area contributed by atoms with Crippen LogP contribution in [0.3, 0.4) is 0 Å². The van der Waals surface area contributed by atoms with Crippen LogP contribution in [-0.4, -0.2) is 11.0 Å². The van der Waals surface area contributed by atoms with Crippen molar-refractivity contribution >= 4 is 11.4 Å². The average Bonchev–Trinajstić information content (AvgIpc) is 2.36. The summed E-state index contributed by atoms with van der Waals surface area (Å²) in [6.45, 7) is 6.38. The Morgan fingerprint density at radius 1 is 1.32 bits per heavy atom. The van der Waals surface area contributed by atoms with Crippen molar-refractivity contribution < 1.29 is 4.92 Å². The quantitative estimate of drug-likeness (QED) is 0.658. The molecule has 4 nitrogen and oxygen atoms in total. The fraction of sp³-hybridized carbons (Fsp3) is 0.600. The smallest absolute Gasteiger partial charge is 0.292 e. The minimum Gasteiger partial charge on any atom is -0.376 e. The van der Waals surface area contributed by atoms with E-state index in [2.05, 4.69) is 19.2 Å². The molecule has 2 rings (SSSR count). The molecule has 1 saturated carbocycles. The summed E-state index contributed by atoms with van der Waals surface area (Å²) >= 11 is 0. The zero-order chi connectivity index (χ0) is 14.0. The van der Waals surface area contributed by atoms with Gasteiger partial charge in [-0.15, -0.1) is 0 Å². The van der Waals surface area contributed by atoms with Crippen LogP contribution < -0.4 is 5.32 Å². The molecular formula is C15H22N2O2. The van der Waals surface area contributed by atoms with E-state index < -0.39 is 0 Å². The lowest BCUT2D eigenvalue weighted by atomic mass is 9.78. The highest BCUT2D eigenvalue weighted by atomic mass is 16.6. The predicted octanol–water partition coefficient (Wildman–Crippen LogP) is 4.14. The van der Waals surface area contributed by atoms with E-state index in [9.17, 15) is 10.1 Å². The lowest BCUT2D eigenvalue weighted by Gasteiger charge is -2.35. The number of hydrogen-bond donors (Lipinski definition) is 1. The average molecular weight is 262 g/mol. The van der Waals surface area contributed by atoms with E-state index in [0.717, 1.165) is 12.0 Å². The molecule has 1 aromatic carbocycles. The molecule has 1 aliphatic carbocycles. The number of nitro groups is 1. The first kappa shape index (κ1) is 13.8. The summed E-state index contributed by atoms with van der Waals surface area (Å²) < 4.78 is 0. The van der Waals surface area contributed by atoms with Gasteiger partial charge in [-0.05, 0) is 36.8 Å². The third kappa shape index (κ3) is 3.06. The molecule has 0 aliphatic heterocycles. The van der Waals surface area contributed by atoms with E-state index in [1.54, 1.807) is 6.07 Å². The second-order valence-electron chi connectivity index (χ2n) is 5.80. The second-order valence-corrected chi connectivity index (χ2v) is 5.80. The maximum absolute atomic E-state index is 11.1. The molecule has 0 aromatic heterocycles. The number of nitrogens with zero attached hydrogens (tertiary/aromatic N) is 1. The zero-order valence-electron chi connectivity index (χ0n) is 11.8. The molecule has 0 radical (unpaired) electrons. The summed E-state index contributed by atoms with van der Waals surface area (Å²) in [7, 11) is 0. The second kappa shape index (κ2) is 5.59. The van der Waals surface area contributed by atoms with Gasteiger partial charge in [-0.1, -0.05) is 32.8 Å². The first-order chi connectivity index (χ1) is 8.99. The molecule has 1 fully saturated rings. The van der Waals surface area contributed by atoms with E-state index in [1.807, 2.05) is 19.1 Å². The number of nitro benzene ring substituents is 1. The van der Waals surface area contributed by atoms with Gasteiger partial charge >= 0.3 is 0 Å². The normalized spacial score (nSPS) is 27.0. The highest BCUT2D eigenvalue weighted by Gasteiger charge is 2.28. The number of aryl methyl sites for hydroxylation is 1. The molecule has 0 heterocycles. The SMILES string of the molecule is Cc1ccc(NC2CCCC(C)C2C)c([N+](=O)[O-])c1. The van der Waals surface area contributed by atoms with Crippen LogP contribution >= 0.6 is 0 Å². The van der Waals surface area contributed by atoms with Crippen LogP contribution in [-0.2, 0) is 0 Å². The van der Waals surface area contributed by atoms with Crippen molar-refractivity contribution in [2.24, 2.45) is 11.8 Å². The fourth-order valence-corrected chi connectivity index (χ4v) is 2.90. The van der Waals surface area contributed by atoms with E-state index >= 15 is 0 Å². The number of anilines is 1. The molecule has 1 aliphatic rings. The Morgan fingerprint density at radius 2 is 2.05 bits per heavy atom. The van der Waals surface area contributed by atoms with Gasteiger partial charge in [0.15, 0.2) is 0 Å². The van der Waals surface area contributed by atoms with Crippen molar-refractivity contribution in [3.05, 3.63) is 33.9 Å². The van der Waals surface area contributed by atoms with Crippen LogP contribution in [0.4, 0.5) is 11.4 Å². The molecule has 0 spiro atoms. The maximum atomic E-state index is 11.1. The molecule has 0 amide bonds. The molecule has 3 atom stereocenters. The Balaban J connectivity index is 2.21. The van der Waals surface area contributed by atoms with E-state index in [4.69, 9.17) is 0 Å². The zero-order valence-corrected chi connectivity index (χ0v) is 11.8. The van der Waals surface area contributed by atoms with Gasteiger partial charge in [-0.2, -0.15) is 0 Å². The van der Waals surface area contributed by atoms with Crippen molar-refractivity contribution in [1.29, 1.82) is 0 Å². The van der Waals surface area contributed by atoms with E-state index in [-0.39, 0.29) is 10.6 Å². The summed E-state index contributed by atoms with van der Waals surface area (Å²) in [5.41, 5.74) is 1.76. The van der Waals surface area contributed by atoms with Crippen LogP contribution in [0.15, 0.2) is 18.2 Å². The van der Waals surface area contributed by atoms with Crippen LogP contribution in [0, 0.1) is 28.9 Å². The minimum atomic E-state index is -0.299. The van der Waals surface area contributed by atoms with Crippen molar-refractivity contribution in [2.75, 3.05) is 5.32 Å². The highest BCUT2D eigenvalue weighted by molar-refractivity contribution is 5.63. The Labute approximate surface area is 114 Å². The molecular weight excluding hydrogens is 240 g/mol. The number of nitrogens with one attached hydrogen (secondary N) is 1. The van der Waals surface area contributed by atoms with E-state index in [1.165, 1.54) is 12.8 Å². The summed E-state index contributed by atoms with van der Waals surface area (Å²) in [6, 6.07) is 5.73. The largest absolute Gasteiger partial charge is 0.376 e. The van der Waals surface area contributed by atoms with Gasteiger partial charge in [0.2, 0.25) is 0 Å². The van der Waals surface area contributed by atoms with Gasteiger partial charge in [0.1, 0.15) is 5.69 Å². The third-order valence-electron chi connectivity index (χ3n) is 4.40. The predicted molar refractivity (Wildman–Crippen MR) is 77.4 cm³/mol. The lowest BCUT2D eigenvalue weighted by molar-refractivity contribution is -0.384. The first-order valence-corrected chi connectivity index (χ1v) is 7.00. The Morgan fingerprint density at radius 3 is 2.74 bits per heavy atom. The molecule has 1 N–H and O–H groups in total. The standard InChI is InChI=1S/C15H22N2O2/c1-10-7-8-14(15(9-10)17(18)19)16-13-6-4-5-11(2)12(13)3/h7-9,11-13,16H,4-6H2,1-3H3. The van der Waals surface area contributed by atoms with Gasteiger partial charge in [0, 0.05) is 12.1 Å². The van der Waals surface area contributed by atoms with E-state index in [0.29, 0.717) is 23.6 Å². The van der Waals surface area contributed by atoms with Crippen molar-refractivity contribution in [2.45, 2.75) is 46.1 Å². The van der Waals surface area contributed by atoms with Gasteiger partial charge in [-0.25, -0.2) is 0 Å². The fourth-order valence-electron chi connectivity index (χ4n) is 2.90. The third-order valence-corrected chi connectivity index (χ3v) is 4.40. The summed E-state index contributed by atoms with van der Waals surface area (Å²) in [5, 5.41) is 14.5. The van der Waals surface area contributed by atoms with Gasteiger partial charge in [-0.3, -0.25) is 10.1 Å². The summed E-state index contributed by atoms with van der Waals surface area (Å²) in [6.07, 6.45) is 3.55. The van der Waals surface area contributed by atoms with Crippen molar-refractivity contribution in [3.8, 4) is 0 Å². The first-order valence-electron chi connectivity index (χ1n) is 7.00. The van der Waals surface area contributed by atoms with Gasteiger partial charge in [0.05, 0.1) is 4.92 Å². The molecule has 104 valence electrons. The summed E-state index contributed by atoms with van der Waals surface area (Å²) in [4.78, 5) is 10.8. The molecule has 4 heteroatoms. The number of rotatable bonds is 3. The topological polar surface area (TPSA) is 55.2 Å². The maximum Gasteiger partial charge on any atom is 0.292 e. The van der Waals surface area contributed by atoms with Crippen LogP contribution in [0.1, 0.15) is 38.7 Å². The molecule has 0 bridgehead atoms. The Bertz CT molecular complexity index is 473. The molecule has 3 unspecified atom stereocenters. The summed E-state index contributed by atoms with van der Waals surface area (Å²) in [5.74, 6) is 1.23. The van der Waals surface area contributed by atoms with Crippen LogP contribution in [0.2, 0.25) is 0 Å². The Kier molecular flexibility index (Phi) is 4.08. The minimum absolute atomic E-state index is 0.186. The monoisotopic (exact) mass is 262 g/mol. The number of hydrogen-bond acceptors (Lipinski definition) is 3. The van der Waals surface area contributed by atoms with Gasteiger partial charge in [0.25, 0.3) is 5.69 Å². The lowest BCUT2D eigenvalue weighted by Crippen LogP contribution is -2.35. The van der Waals surface area contributed by atoms with Crippen molar-refractivity contribution in [1.82, 2.24) is 0 Å². The van der Waals surface area contributed by atoms with Crippen LogP contribution in [0.25, 0.3) is 0 Å². The molecule has 1 aromatic rings. The highest BCUT2D eigenvalue weighted by Crippen LogP contribution is 2.34. The van der Waals surface area contributed by atoms with Gasteiger partial charge < -0.3 is 5.32 Å². The van der Waals surface area contributed by atoms with Crippen molar-refractivity contribution in [3.63, 3.8) is 0 Å². The number of benzene rings is 1. The molecule has 0 saturated heterocycles. The Hall–Kier alpha value is -1.58. The molecule has 19 heavy (non-hydrogen) atoms.